The highest BCUT2D eigenvalue weighted by Gasteiger charge is 2.66. The molecule has 236 valence electrons. The van der Waals surface area contributed by atoms with Crippen LogP contribution in [-0.4, -0.2) is 78.7 Å². The Morgan fingerprint density at radius 2 is 1.86 bits per heavy atom. The molecular weight excluding hydrogens is 576 g/mol. The topological polar surface area (TPSA) is 131 Å². The molecule has 0 radical (unpaired) electrons. The summed E-state index contributed by atoms with van der Waals surface area (Å²) in [5.41, 5.74) is 1.46. The van der Waals surface area contributed by atoms with Crippen LogP contribution in [0, 0.1) is 5.92 Å². The molecule has 3 amide bonds. The summed E-state index contributed by atoms with van der Waals surface area (Å²) in [5.74, 6) is -0.698. The number of nitrogens with one attached hydrogen (secondary N) is 2. The number of rotatable bonds is 8. The summed E-state index contributed by atoms with van der Waals surface area (Å²) in [6.45, 7) is 7.36. The van der Waals surface area contributed by atoms with Gasteiger partial charge < -0.3 is 35.1 Å². The lowest BCUT2D eigenvalue weighted by Crippen LogP contribution is -2.46. The maximum atomic E-state index is 14.6. The number of hydrogen-bond acceptors (Lipinski definition) is 7. The summed E-state index contributed by atoms with van der Waals surface area (Å²) in [7, 11) is -2.91. The van der Waals surface area contributed by atoms with E-state index < -0.39 is 20.0 Å². The standard InChI is InChI=1S/C33H44N4O6Si/c1-21-30(44(2,3)42)28(18-29(39)36-17-7-8-24(36)20-38)43-33(21)25-9-4-5-11-27(25)37(32(33)41)19-22-12-14-23(15-13-22)35-31(40)26-10-6-16-34-26/h4-5,9,11-15,21,24,26,28,30,34,38,42H,6-8,10,16-20H2,1-3H3,(H,35,40)/t21-,24+,26-,28+,30-,33+/m1/s1. The first-order chi connectivity index (χ1) is 21.0. The first-order valence-electron chi connectivity index (χ1n) is 15.9. The number of carbonyl (C=O) groups is 3. The lowest BCUT2D eigenvalue weighted by atomic mass is 9.82. The summed E-state index contributed by atoms with van der Waals surface area (Å²) >= 11 is 0. The Kier molecular flexibility index (Phi) is 8.44. The monoisotopic (exact) mass is 620 g/mol. The van der Waals surface area contributed by atoms with Gasteiger partial charge in [0.15, 0.2) is 13.9 Å². The first-order valence-corrected chi connectivity index (χ1v) is 18.9. The van der Waals surface area contributed by atoms with E-state index >= 15 is 0 Å². The van der Waals surface area contributed by atoms with E-state index in [2.05, 4.69) is 10.6 Å². The van der Waals surface area contributed by atoms with Crippen LogP contribution in [0.25, 0.3) is 0 Å². The van der Waals surface area contributed by atoms with Gasteiger partial charge in [0.2, 0.25) is 11.8 Å². The largest absolute Gasteiger partial charge is 0.432 e. The van der Waals surface area contributed by atoms with Crippen LogP contribution < -0.4 is 15.5 Å². The van der Waals surface area contributed by atoms with Crippen molar-refractivity contribution in [3.05, 3.63) is 59.7 Å². The number of amides is 3. The van der Waals surface area contributed by atoms with Gasteiger partial charge in [-0.15, -0.1) is 0 Å². The first kappa shape index (κ1) is 30.9. The quantitative estimate of drug-likeness (QED) is 0.334. The van der Waals surface area contributed by atoms with Gasteiger partial charge in [0.1, 0.15) is 0 Å². The van der Waals surface area contributed by atoms with E-state index in [1.165, 1.54) is 0 Å². The zero-order valence-electron chi connectivity index (χ0n) is 25.8. The minimum Gasteiger partial charge on any atom is -0.432 e. The van der Waals surface area contributed by atoms with E-state index in [4.69, 9.17) is 4.74 Å². The van der Waals surface area contributed by atoms with Crippen molar-refractivity contribution in [3.63, 3.8) is 0 Å². The molecule has 6 rings (SSSR count). The number of benzene rings is 2. The number of ether oxygens (including phenoxy) is 1. The highest BCUT2D eigenvalue weighted by atomic mass is 28.4. The predicted molar refractivity (Wildman–Crippen MR) is 169 cm³/mol. The minimum atomic E-state index is -2.91. The van der Waals surface area contributed by atoms with E-state index in [-0.39, 0.29) is 54.3 Å². The van der Waals surface area contributed by atoms with Crippen LogP contribution in [0.4, 0.5) is 11.4 Å². The van der Waals surface area contributed by atoms with Crippen molar-refractivity contribution in [2.24, 2.45) is 5.92 Å². The van der Waals surface area contributed by atoms with Crippen LogP contribution in [0.3, 0.4) is 0 Å². The molecular formula is C33H44N4O6Si. The molecule has 6 atom stereocenters. The average Bonchev–Trinajstić information content (AvgIpc) is 3.78. The summed E-state index contributed by atoms with van der Waals surface area (Å²) in [4.78, 5) is 55.6. The zero-order valence-corrected chi connectivity index (χ0v) is 26.8. The number of anilines is 2. The normalized spacial score (nSPS) is 29.9. The van der Waals surface area contributed by atoms with Crippen LogP contribution in [0.2, 0.25) is 18.6 Å². The van der Waals surface area contributed by atoms with Crippen LogP contribution in [0.5, 0.6) is 0 Å². The van der Waals surface area contributed by atoms with Crippen LogP contribution >= 0.6 is 0 Å². The molecule has 4 heterocycles. The van der Waals surface area contributed by atoms with E-state index in [1.807, 2.05) is 68.5 Å². The minimum absolute atomic E-state index is 0.0391. The summed E-state index contributed by atoms with van der Waals surface area (Å²) in [6, 6.07) is 14.8. The second-order valence-corrected chi connectivity index (χ2v) is 17.3. The number of nitrogens with zero attached hydrogens (tertiary/aromatic N) is 2. The summed E-state index contributed by atoms with van der Waals surface area (Å²) < 4.78 is 6.80. The van der Waals surface area contributed by atoms with Crippen molar-refractivity contribution in [3.8, 4) is 0 Å². The SMILES string of the molecule is C[C@@H]1[C@@H]([Si](C)(C)O)[C@H](CC(=O)N2CCC[C@H]2CO)O[C@@]12C(=O)N(Cc1ccc(NC(=O)[C@H]3CCCN3)cc1)c1ccccc12. The summed E-state index contributed by atoms with van der Waals surface area (Å²) in [5, 5.41) is 16.0. The molecule has 3 fully saturated rings. The van der Waals surface area contributed by atoms with Crippen molar-refractivity contribution < 1.29 is 29.0 Å². The van der Waals surface area contributed by atoms with Crippen LogP contribution in [-0.2, 0) is 31.3 Å². The molecule has 0 saturated carbocycles. The number of carbonyl (C=O) groups excluding carboxylic acids is 3. The molecule has 10 nitrogen and oxygen atoms in total. The molecule has 0 aromatic heterocycles. The maximum Gasteiger partial charge on any atom is 0.264 e. The Labute approximate surface area is 259 Å². The third-order valence-corrected chi connectivity index (χ3v) is 12.6. The Morgan fingerprint density at radius 3 is 2.55 bits per heavy atom. The molecule has 0 unspecified atom stereocenters. The van der Waals surface area contributed by atoms with E-state index in [0.717, 1.165) is 49.0 Å². The third kappa shape index (κ3) is 5.38. The molecule has 1 spiro atoms. The summed E-state index contributed by atoms with van der Waals surface area (Å²) in [6.07, 6.45) is 2.87. The van der Waals surface area contributed by atoms with Gasteiger partial charge in [-0.3, -0.25) is 14.4 Å². The second kappa shape index (κ2) is 12.0. The van der Waals surface area contributed by atoms with E-state index in [1.54, 1.807) is 9.80 Å². The maximum absolute atomic E-state index is 14.6. The molecule has 2 aromatic carbocycles. The second-order valence-electron chi connectivity index (χ2n) is 13.4. The average molecular weight is 621 g/mol. The van der Waals surface area contributed by atoms with Gasteiger partial charge in [0.25, 0.3) is 5.91 Å². The van der Waals surface area contributed by atoms with Gasteiger partial charge in [0.05, 0.1) is 43.4 Å². The highest BCUT2D eigenvalue weighted by molar-refractivity contribution is 6.71. The Bertz CT molecular complexity index is 1410. The van der Waals surface area contributed by atoms with Gasteiger partial charge in [0, 0.05) is 29.3 Å². The number of para-hydroxylation sites is 1. The Hall–Kier alpha value is -3.09. The third-order valence-electron chi connectivity index (χ3n) is 10.1. The molecule has 4 aliphatic heterocycles. The van der Waals surface area contributed by atoms with Crippen molar-refractivity contribution in [2.75, 3.05) is 29.9 Å². The number of aliphatic hydroxyl groups excluding tert-OH is 1. The molecule has 44 heavy (non-hydrogen) atoms. The van der Waals surface area contributed by atoms with E-state index in [0.29, 0.717) is 18.8 Å². The van der Waals surface area contributed by atoms with Crippen molar-refractivity contribution in [2.45, 2.75) is 88.0 Å². The van der Waals surface area contributed by atoms with Crippen molar-refractivity contribution in [1.82, 2.24) is 10.2 Å². The van der Waals surface area contributed by atoms with Crippen molar-refractivity contribution >= 4 is 37.4 Å². The number of hydrogen-bond donors (Lipinski definition) is 4. The Balaban J connectivity index is 1.25. The number of fused-ring (bicyclic) bond motifs is 2. The fraction of sp³-hybridized carbons (Fsp3) is 0.545. The highest BCUT2D eigenvalue weighted by Crippen LogP contribution is 2.59. The molecule has 4 N–H and O–H groups in total. The molecule has 3 saturated heterocycles. The molecule has 11 heteroatoms. The Morgan fingerprint density at radius 1 is 1.11 bits per heavy atom. The van der Waals surface area contributed by atoms with Gasteiger partial charge in [-0.25, -0.2) is 0 Å². The molecule has 0 aliphatic carbocycles. The lowest BCUT2D eigenvalue weighted by Gasteiger charge is -2.32. The van der Waals surface area contributed by atoms with Gasteiger partial charge in [-0.2, -0.15) is 0 Å². The van der Waals surface area contributed by atoms with Crippen LogP contribution in [0.15, 0.2) is 48.5 Å². The fourth-order valence-corrected chi connectivity index (χ4v) is 10.6. The predicted octanol–water partition coefficient (Wildman–Crippen LogP) is 3.10. The van der Waals surface area contributed by atoms with E-state index in [9.17, 15) is 24.3 Å². The number of likely N-dealkylation sites (tertiary alicyclic amines) is 1. The van der Waals surface area contributed by atoms with Gasteiger partial charge >= 0.3 is 0 Å². The smallest absolute Gasteiger partial charge is 0.264 e. The molecule has 0 bridgehead atoms. The zero-order chi connectivity index (χ0) is 31.2. The van der Waals surface area contributed by atoms with Gasteiger partial charge in [-0.1, -0.05) is 37.3 Å². The van der Waals surface area contributed by atoms with Crippen molar-refractivity contribution in [1.29, 1.82) is 0 Å². The molecule has 4 aliphatic rings. The fourth-order valence-electron chi connectivity index (χ4n) is 8.05. The molecule has 2 aromatic rings. The van der Waals surface area contributed by atoms with Gasteiger partial charge in [-0.05, 0) is 69.1 Å². The van der Waals surface area contributed by atoms with Crippen LogP contribution in [0.1, 0.15) is 50.2 Å². The number of aliphatic hydroxyl groups is 1. The lowest BCUT2D eigenvalue weighted by molar-refractivity contribution is -0.150.